The van der Waals surface area contributed by atoms with Crippen molar-refractivity contribution in [2.24, 2.45) is 5.41 Å². The summed E-state index contributed by atoms with van der Waals surface area (Å²) in [4.78, 5) is 28.0. The van der Waals surface area contributed by atoms with E-state index in [1.54, 1.807) is 41.6 Å². The molecule has 0 N–H and O–H groups in total. The third-order valence-electron chi connectivity index (χ3n) is 6.83. The minimum Gasteiger partial charge on any atom is -0.497 e. The van der Waals surface area contributed by atoms with Crippen LogP contribution in [-0.4, -0.2) is 48.3 Å². The van der Waals surface area contributed by atoms with Crippen molar-refractivity contribution in [1.82, 2.24) is 9.47 Å². The molecule has 1 aliphatic heterocycles. The predicted octanol–water partition coefficient (Wildman–Crippen LogP) is 5.00. The topological polar surface area (TPSA) is 51.5 Å². The number of piperidine rings is 1. The summed E-state index contributed by atoms with van der Waals surface area (Å²) in [5, 5.41) is 0.995. The molecule has 4 rings (SSSR count). The van der Waals surface area contributed by atoms with Gasteiger partial charge in [0, 0.05) is 41.3 Å². The first-order valence-corrected chi connectivity index (χ1v) is 12.8. The highest BCUT2D eigenvalue weighted by Gasteiger charge is 2.33. The van der Waals surface area contributed by atoms with E-state index in [4.69, 9.17) is 4.74 Å². The van der Waals surface area contributed by atoms with Crippen LogP contribution in [0.25, 0.3) is 10.9 Å². The number of aldehydes is 1. The summed E-state index contributed by atoms with van der Waals surface area (Å²) in [6.07, 6.45) is 4.35. The van der Waals surface area contributed by atoms with Crippen molar-refractivity contribution in [1.29, 1.82) is 0 Å². The molecule has 0 radical (unpaired) electrons. The van der Waals surface area contributed by atoms with Gasteiger partial charge in [-0.25, -0.2) is 4.39 Å². The zero-order valence-corrected chi connectivity index (χ0v) is 20.4. The van der Waals surface area contributed by atoms with E-state index in [1.807, 2.05) is 30.3 Å². The average molecular weight is 483 g/mol. The molecule has 2 aromatic carbocycles. The van der Waals surface area contributed by atoms with E-state index in [0.717, 1.165) is 78.9 Å². The monoisotopic (exact) mass is 482 g/mol. The summed E-state index contributed by atoms with van der Waals surface area (Å²) >= 11 is 1.66. The van der Waals surface area contributed by atoms with Gasteiger partial charge in [-0.05, 0) is 80.6 Å². The Morgan fingerprint density at radius 2 is 1.88 bits per heavy atom. The van der Waals surface area contributed by atoms with Gasteiger partial charge in [0.1, 0.15) is 17.9 Å². The van der Waals surface area contributed by atoms with Gasteiger partial charge in [0.25, 0.3) is 5.56 Å². The molecule has 0 bridgehead atoms. The van der Waals surface area contributed by atoms with E-state index in [0.29, 0.717) is 6.54 Å². The molecule has 1 saturated heterocycles. The zero-order chi connectivity index (χ0) is 24.0. The fraction of sp³-hybridized carbons (Fsp3) is 0.407. The van der Waals surface area contributed by atoms with Crippen LogP contribution in [0.1, 0.15) is 25.7 Å². The SMILES string of the molecule is COc1ccc2ccc(=O)n(CCCC3(C=O)CCN(CCSc4cccc(F)c4)CC3)c2c1. The lowest BCUT2D eigenvalue weighted by Crippen LogP contribution is -2.42. The molecule has 0 atom stereocenters. The summed E-state index contributed by atoms with van der Waals surface area (Å²) in [6.45, 7) is 3.26. The van der Waals surface area contributed by atoms with Crippen LogP contribution in [0.3, 0.4) is 0 Å². The molecule has 0 aliphatic carbocycles. The maximum Gasteiger partial charge on any atom is 0.251 e. The minimum atomic E-state index is -0.321. The Bertz CT molecular complexity index is 1190. The quantitative estimate of drug-likeness (QED) is 0.301. The molecule has 7 heteroatoms. The summed E-state index contributed by atoms with van der Waals surface area (Å²) < 4.78 is 20.5. The van der Waals surface area contributed by atoms with E-state index in [2.05, 4.69) is 4.90 Å². The number of carbonyl (C=O) groups is 1. The fourth-order valence-electron chi connectivity index (χ4n) is 4.71. The summed E-state index contributed by atoms with van der Waals surface area (Å²) in [7, 11) is 1.62. The maximum atomic E-state index is 13.3. The highest BCUT2D eigenvalue weighted by molar-refractivity contribution is 7.99. The Kier molecular flexibility index (Phi) is 8.06. The number of aromatic nitrogens is 1. The average Bonchev–Trinajstić information content (AvgIpc) is 2.86. The lowest BCUT2D eigenvalue weighted by atomic mass is 9.76. The zero-order valence-electron chi connectivity index (χ0n) is 19.5. The van der Waals surface area contributed by atoms with E-state index < -0.39 is 0 Å². The molecule has 5 nitrogen and oxygen atoms in total. The number of fused-ring (bicyclic) bond motifs is 1. The standard InChI is InChI=1S/C27H31FN2O3S/c1-33-23-8-6-21-7-9-26(32)30(25(21)19-23)13-3-10-27(20-31)11-14-29(15-12-27)16-17-34-24-5-2-4-22(28)18-24/h2,4-9,18-20H,3,10-17H2,1H3. The van der Waals surface area contributed by atoms with Gasteiger partial charge >= 0.3 is 0 Å². The number of thioether (sulfide) groups is 1. The lowest BCUT2D eigenvalue weighted by molar-refractivity contribution is -0.119. The number of benzene rings is 2. The van der Waals surface area contributed by atoms with Crippen molar-refractivity contribution >= 4 is 29.0 Å². The second kappa shape index (κ2) is 11.2. The van der Waals surface area contributed by atoms with Gasteiger partial charge in [0.15, 0.2) is 0 Å². The van der Waals surface area contributed by atoms with Gasteiger partial charge in [0.05, 0.1) is 12.6 Å². The van der Waals surface area contributed by atoms with E-state index in [1.165, 1.54) is 6.07 Å². The van der Waals surface area contributed by atoms with Gasteiger partial charge < -0.3 is 19.0 Å². The normalized spacial score (nSPS) is 15.9. The number of pyridine rings is 1. The maximum absolute atomic E-state index is 13.3. The first kappa shape index (κ1) is 24.5. The second-order valence-corrected chi connectivity index (χ2v) is 10.1. The Balaban J connectivity index is 1.30. The van der Waals surface area contributed by atoms with Crippen LogP contribution in [0.2, 0.25) is 0 Å². The third-order valence-corrected chi connectivity index (χ3v) is 7.80. The Labute approximate surface area is 203 Å². The van der Waals surface area contributed by atoms with Gasteiger partial charge in [-0.2, -0.15) is 0 Å². The van der Waals surface area contributed by atoms with Gasteiger partial charge in [0.2, 0.25) is 0 Å². The molecule has 0 unspecified atom stereocenters. The lowest BCUT2D eigenvalue weighted by Gasteiger charge is -2.38. The molecule has 180 valence electrons. The van der Waals surface area contributed by atoms with Crippen molar-refractivity contribution in [2.75, 3.05) is 32.5 Å². The number of halogens is 1. The van der Waals surface area contributed by atoms with Crippen LogP contribution in [0.15, 0.2) is 64.3 Å². The number of nitrogens with zero attached hydrogens (tertiary/aromatic N) is 2. The second-order valence-electron chi connectivity index (χ2n) is 8.98. The molecule has 0 spiro atoms. The van der Waals surface area contributed by atoms with Crippen LogP contribution in [0.4, 0.5) is 4.39 Å². The molecule has 1 fully saturated rings. The Morgan fingerprint density at radius 3 is 2.62 bits per heavy atom. The van der Waals surface area contributed by atoms with Crippen LogP contribution >= 0.6 is 11.8 Å². The smallest absolute Gasteiger partial charge is 0.251 e. The van der Waals surface area contributed by atoms with E-state index >= 15 is 0 Å². The summed E-state index contributed by atoms with van der Waals surface area (Å²) in [6, 6.07) is 15.9. The molecule has 1 aromatic heterocycles. The first-order chi connectivity index (χ1) is 16.5. The Morgan fingerprint density at radius 1 is 1.09 bits per heavy atom. The number of methoxy groups -OCH3 is 1. The number of hydrogen-bond acceptors (Lipinski definition) is 5. The molecule has 34 heavy (non-hydrogen) atoms. The molecular formula is C27H31FN2O3S. The largest absolute Gasteiger partial charge is 0.497 e. The van der Waals surface area contributed by atoms with Gasteiger partial charge in [-0.3, -0.25) is 4.79 Å². The number of rotatable bonds is 10. The van der Waals surface area contributed by atoms with Crippen molar-refractivity contribution in [3.63, 3.8) is 0 Å². The van der Waals surface area contributed by atoms with Crippen LogP contribution in [-0.2, 0) is 11.3 Å². The molecule has 1 aliphatic rings. The molecule has 0 saturated carbocycles. The van der Waals surface area contributed by atoms with Crippen LogP contribution in [0.5, 0.6) is 5.75 Å². The Hall–Kier alpha value is -2.64. The van der Waals surface area contributed by atoms with Crippen LogP contribution < -0.4 is 10.3 Å². The van der Waals surface area contributed by atoms with Crippen molar-refractivity contribution in [3.05, 3.63) is 70.8 Å². The fourth-order valence-corrected chi connectivity index (χ4v) is 5.67. The van der Waals surface area contributed by atoms with E-state index in [9.17, 15) is 14.0 Å². The molecule has 3 aromatic rings. The van der Waals surface area contributed by atoms with Gasteiger partial charge in [-0.15, -0.1) is 11.8 Å². The first-order valence-electron chi connectivity index (χ1n) is 11.8. The third kappa shape index (κ3) is 5.88. The number of carbonyl (C=O) groups excluding carboxylic acids is 1. The summed E-state index contributed by atoms with van der Waals surface area (Å²) in [5.74, 6) is 1.41. The van der Waals surface area contributed by atoms with Crippen LogP contribution in [0, 0.1) is 11.2 Å². The van der Waals surface area contributed by atoms with Crippen molar-refractivity contribution in [2.45, 2.75) is 37.1 Å². The molecular weight excluding hydrogens is 451 g/mol. The number of ether oxygens (including phenoxy) is 1. The molecule has 0 amide bonds. The predicted molar refractivity (Wildman–Crippen MR) is 135 cm³/mol. The number of aryl methyl sites for hydroxylation is 1. The van der Waals surface area contributed by atoms with Gasteiger partial charge in [-0.1, -0.05) is 6.07 Å². The highest BCUT2D eigenvalue weighted by Crippen LogP contribution is 2.34. The minimum absolute atomic E-state index is 0.0356. The van der Waals surface area contributed by atoms with Crippen molar-refractivity contribution in [3.8, 4) is 5.75 Å². The number of hydrogen-bond donors (Lipinski definition) is 0. The molecule has 2 heterocycles. The number of likely N-dealkylation sites (tertiary alicyclic amines) is 1. The van der Waals surface area contributed by atoms with Crippen molar-refractivity contribution < 1.29 is 13.9 Å². The van der Waals surface area contributed by atoms with E-state index in [-0.39, 0.29) is 16.8 Å². The highest BCUT2D eigenvalue weighted by atomic mass is 32.2. The summed E-state index contributed by atoms with van der Waals surface area (Å²) in [5.41, 5.74) is 0.502.